The number of hydrogen-bond donors (Lipinski definition) is 2. The first-order chi connectivity index (χ1) is 11.1. The number of rotatable bonds is 5. The van der Waals surface area contributed by atoms with E-state index in [0.29, 0.717) is 39.0 Å². The highest BCUT2D eigenvalue weighted by Gasteiger charge is 2.34. The third kappa shape index (κ3) is 4.29. The highest BCUT2D eigenvalue weighted by molar-refractivity contribution is 5.21. The number of β-amino-alcohol motifs (C(OH)–C–C–N with tert-alkyl or cyclic N) is 1. The van der Waals surface area contributed by atoms with Crippen LogP contribution in [0.25, 0.3) is 0 Å². The number of aliphatic hydroxyl groups excluding tert-OH is 1. The summed E-state index contributed by atoms with van der Waals surface area (Å²) >= 11 is 0. The summed E-state index contributed by atoms with van der Waals surface area (Å²) in [6, 6.07) is 6.89. The number of nitrogens with zero attached hydrogens (tertiary/aromatic N) is 1. The minimum atomic E-state index is -0.814. The number of aliphatic hydroxyl groups is 2. The van der Waals surface area contributed by atoms with E-state index in [0.717, 1.165) is 24.9 Å². The smallest absolute Gasteiger partial charge is 0.123 e. The van der Waals surface area contributed by atoms with Crippen molar-refractivity contribution in [2.75, 3.05) is 26.3 Å². The minimum absolute atomic E-state index is 0.157. The third-order valence-electron chi connectivity index (χ3n) is 5.08. The van der Waals surface area contributed by atoms with Gasteiger partial charge in [0.25, 0.3) is 0 Å². The first-order valence-corrected chi connectivity index (χ1v) is 8.53. The summed E-state index contributed by atoms with van der Waals surface area (Å²) in [5, 5.41) is 21.0. The second-order valence-corrected chi connectivity index (χ2v) is 6.90. The Morgan fingerprint density at radius 3 is 2.87 bits per heavy atom. The summed E-state index contributed by atoms with van der Waals surface area (Å²) < 4.78 is 18.7. The normalized spacial score (nSPS) is 26.3. The first kappa shape index (κ1) is 16.8. The highest BCUT2D eigenvalue weighted by Crippen LogP contribution is 2.33. The lowest BCUT2D eigenvalue weighted by atomic mass is 9.88. The fourth-order valence-electron chi connectivity index (χ4n) is 3.87. The van der Waals surface area contributed by atoms with Gasteiger partial charge in [-0.2, -0.15) is 0 Å². The zero-order chi connectivity index (χ0) is 16.3. The van der Waals surface area contributed by atoms with E-state index in [4.69, 9.17) is 4.74 Å². The van der Waals surface area contributed by atoms with E-state index < -0.39 is 11.7 Å². The molecule has 1 aromatic rings. The Morgan fingerprint density at radius 1 is 1.35 bits per heavy atom. The Bertz CT molecular complexity index is 519. The second-order valence-electron chi connectivity index (χ2n) is 6.90. The number of likely N-dealkylation sites (tertiary alicyclic amines) is 1. The molecule has 0 aromatic heterocycles. The van der Waals surface area contributed by atoms with Crippen molar-refractivity contribution in [1.82, 2.24) is 4.90 Å². The molecule has 0 amide bonds. The van der Waals surface area contributed by atoms with Crippen LogP contribution in [0.15, 0.2) is 24.3 Å². The van der Waals surface area contributed by atoms with E-state index in [9.17, 15) is 14.6 Å². The fourth-order valence-corrected chi connectivity index (χ4v) is 3.87. The molecule has 23 heavy (non-hydrogen) atoms. The van der Waals surface area contributed by atoms with Gasteiger partial charge in [0.05, 0.1) is 11.7 Å². The maximum Gasteiger partial charge on any atom is 0.123 e. The monoisotopic (exact) mass is 323 g/mol. The summed E-state index contributed by atoms with van der Waals surface area (Å²) in [4.78, 5) is 2.21. The molecule has 2 fully saturated rings. The van der Waals surface area contributed by atoms with Crippen LogP contribution in [0, 0.1) is 5.82 Å². The topological polar surface area (TPSA) is 52.9 Å². The SMILES string of the molecule is OC(CN1CCCC1c1cccc(F)c1)CC1(O)CCOCC1. The van der Waals surface area contributed by atoms with Gasteiger partial charge in [0.2, 0.25) is 0 Å². The molecule has 2 unspecified atom stereocenters. The zero-order valence-electron chi connectivity index (χ0n) is 13.5. The van der Waals surface area contributed by atoms with Gasteiger partial charge in [-0.25, -0.2) is 4.39 Å². The average Bonchev–Trinajstić information content (AvgIpc) is 2.95. The fraction of sp³-hybridized carbons (Fsp3) is 0.667. The predicted octanol–water partition coefficient (Wildman–Crippen LogP) is 2.26. The lowest BCUT2D eigenvalue weighted by Gasteiger charge is -2.35. The van der Waals surface area contributed by atoms with E-state index in [1.165, 1.54) is 6.07 Å². The summed E-state index contributed by atoms with van der Waals surface area (Å²) in [5.41, 5.74) is 0.158. The van der Waals surface area contributed by atoms with E-state index >= 15 is 0 Å². The molecule has 3 rings (SSSR count). The van der Waals surface area contributed by atoms with E-state index in [1.54, 1.807) is 12.1 Å². The van der Waals surface area contributed by atoms with E-state index in [1.807, 2.05) is 6.07 Å². The minimum Gasteiger partial charge on any atom is -0.392 e. The van der Waals surface area contributed by atoms with Crippen LogP contribution in [0.1, 0.15) is 43.7 Å². The molecular weight excluding hydrogens is 297 g/mol. The lowest BCUT2D eigenvalue weighted by molar-refractivity contribution is -0.0897. The molecule has 4 nitrogen and oxygen atoms in total. The molecule has 0 saturated carbocycles. The van der Waals surface area contributed by atoms with Crippen LogP contribution >= 0.6 is 0 Å². The van der Waals surface area contributed by atoms with Crippen LogP contribution in [0.2, 0.25) is 0 Å². The Labute approximate surface area is 136 Å². The van der Waals surface area contributed by atoms with Gasteiger partial charge < -0.3 is 14.9 Å². The van der Waals surface area contributed by atoms with Crippen molar-refractivity contribution in [3.63, 3.8) is 0 Å². The quantitative estimate of drug-likeness (QED) is 0.873. The molecule has 1 aromatic carbocycles. The summed E-state index contributed by atoms with van der Waals surface area (Å²) in [5.74, 6) is -0.216. The maximum atomic E-state index is 13.5. The van der Waals surface area contributed by atoms with Crippen molar-refractivity contribution in [2.45, 2.75) is 49.9 Å². The van der Waals surface area contributed by atoms with Gasteiger partial charge in [-0.1, -0.05) is 12.1 Å². The van der Waals surface area contributed by atoms with Crippen LogP contribution in [-0.4, -0.2) is 53.1 Å². The molecule has 0 aliphatic carbocycles. The maximum absolute atomic E-state index is 13.5. The Balaban J connectivity index is 1.59. The van der Waals surface area contributed by atoms with Gasteiger partial charge in [-0.05, 0) is 49.9 Å². The highest BCUT2D eigenvalue weighted by atomic mass is 19.1. The van der Waals surface area contributed by atoms with Gasteiger partial charge in [0.15, 0.2) is 0 Å². The number of hydrogen-bond acceptors (Lipinski definition) is 4. The molecule has 0 bridgehead atoms. The summed E-state index contributed by atoms with van der Waals surface area (Å²) in [7, 11) is 0. The number of halogens is 1. The second kappa shape index (κ2) is 7.26. The summed E-state index contributed by atoms with van der Waals surface area (Å²) in [6.07, 6.45) is 2.99. The van der Waals surface area contributed by atoms with Gasteiger partial charge in [-0.15, -0.1) is 0 Å². The lowest BCUT2D eigenvalue weighted by Crippen LogP contribution is -2.42. The van der Waals surface area contributed by atoms with Gasteiger partial charge >= 0.3 is 0 Å². The van der Waals surface area contributed by atoms with Gasteiger partial charge in [-0.3, -0.25) is 4.90 Å². The van der Waals surface area contributed by atoms with Crippen molar-refractivity contribution in [3.05, 3.63) is 35.6 Å². The van der Waals surface area contributed by atoms with Crippen molar-refractivity contribution < 1.29 is 19.3 Å². The zero-order valence-corrected chi connectivity index (χ0v) is 13.5. The molecule has 128 valence electrons. The standard InChI is InChI=1S/C18H26FNO3/c19-15-4-1-3-14(11-15)17-5-2-8-20(17)13-16(21)12-18(22)6-9-23-10-7-18/h1,3-4,11,16-17,21-22H,2,5-10,12-13H2. The van der Waals surface area contributed by atoms with Crippen molar-refractivity contribution >= 4 is 0 Å². The molecule has 2 heterocycles. The largest absolute Gasteiger partial charge is 0.392 e. The van der Waals surface area contributed by atoms with Gasteiger partial charge in [0, 0.05) is 32.2 Å². The molecule has 2 saturated heterocycles. The molecule has 2 atom stereocenters. The van der Waals surface area contributed by atoms with Crippen LogP contribution in [0.4, 0.5) is 4.39 Å². The van der Waals surface area contributed by atoms with Crippen LogP contribution in [0.3, 0.4) is 0 Å². The van der Waals surface area contributed by atoms with E-state index in [2.05, 4.69) is 4.90 Å². The third-order valence-corrected chi connectivity index (χ3v) is 5.08. The summed E-state index contributed by atoms with van der Waals surface area (Å²) in [6.45, 7) is 2.53. The van der Waals surface area contributed by atoms with Gasteiger partial charge in [0.1, 0.15) is 5.82 Å². The van der Waals surface area contributed by atoms with Crippen molar-refractivity contribution in [3.8, 4) is 0 Å². The van der Waals surface area contributed by atoms with Crippen molar-refractivity contribution in [2.24, 2.45) is 0 Å². The number of benzene rings is 1. The predicted molar refractivity (Wildman–Crippen MR) is 85.6 cm³/mol. The molecule has 2 aliphatic heterocycles. The van der Waals surface area contributed by atoms with Crippen LogP contribution in [0.5, 0.6) is 0 Å². The molecule has 5 heteroatoms. The molecular formula is C18H26FNO3. The first-order valence-electron chi connectivity index (χ1n) is 8.53. The van der Waals surface area contributed by atoms with Crippen LogP contribution in [-0.2, 0) is 4.74 Å². The molecule has 2 aliphatic rings. The Hall–Kier alpha value is -1.01. The molecule has 0 spiro atoms. The average molecular weight is 323 g/mol. The van der Waals surface area contributed by atoms with Crippen molar-refractivity contribution in [1.29, 1.82) is 0 Å². The van der Waals surface area contributed by atoms with E-state index in [-0.39, 0.29) is 11.9 Å². The van der Waals surface area contributed by atoms with Crippen LogP contribution < -0.4 is 0 Å². The Morgan fingerprint density at radius 2 is 2.13 bits per heavy atom. The Kier molecular flexibility index (Phi) is 5.31. The molecule has 2 N–H and O–H groups in total. The number of ether oxygens (including phenoxy) is 1. The molecule has 0 radical (unpaired) electrons.